The number of aryl methyl sites for hydroxylation is 2. The van der Waals surface area contributed by atoms with Gasteiger partial charge in [-0.2, -0.15) is 0 Å². The van der Waals surface area contributed by atoms with Crippen LogP contribution in [0.15, 0.2) is 36.4 Å². The van der Waals surface area contributed by atoms with Gasteiger partial charge >= 0.3 is 0 Å². The van der Waals surface area contributed by atoms with Crippen LogP contribution in [-0.2, 0) is 0 Å². The maximum Gasteiger partial charge on any atom is 0.128 e. The first kappa shape index (κ1) is 13.1. The summed E-state index contributed by atoms with van der Waals surface area (Å²) in [7, 11) is 0. The summed E-state index contributed by atoms with van der Waals surface area (Å²) in [4.78, 5) is 0. The molecule has 0 aromatic heterocycles. The second-order valence-corrected chi connectivity index (χ2v) is 5.40. The van der Waals surface area contributed by atoms with Gasteiger partial charge in [0.25, 0.3) is 0 Å². The molecular weight excluding hydrogens is 255 g/mol. The molecule has 0 saturated carbocycles. The first-order chi connectivity index (χ1) is 9.54. The Bertz CT molecular complexity index is 651. The third-order valence-corrected chi connectivity index (χ3v) is 3.82. The van der Waals surface area contributed by atoms with Gasteiger partial charge < -0.3 is 9.84 Å². The first-order valence-corrected chi connectivity index (χ1v) is 6.76. The van der Waals surface area contributed by atoms with E-state index in [1.54, 1.807) is 6.07 Å². The van der Waals surface area contributed by atoms with E-state index in [-0.39, 0.29) is 11.9 Å². The molecule has 0 fully saturated rings. The van der Waals surface area contributed by atoms with E-state index < -0.39 is 6.10 Å². The molecule has 2 aromatic carbocycles. The van der Waals surface area contributed by atoms with Gasteiger partial charge in [0.15, 0.2) is 0 Å². The first-order valence-electron chi connectivity index (χ1n) is 6.76. The number of hydrogen-bond donors (Lipinski definition) is 1. The van der Waals surface area contributed by atoms with E-state index in [0.29, 0.717) is 17.7 Å². The lowest BCUT2D eigenvalue weighted by atomic mass is 9.92. The van der Waals surface area contributed by atoms with Gasteiger partial charge in [0.2, 0.25) is 0 Å². The maximum atomic E-state index is 13.3. The monoisotopic (exact) mass is 272 g/mol. The Labute approximate surface area is 117 Å². The molecule has 2 aromatic rings. The normalized spacial score (nSPS) is 21.2. The summed E-state index contributed by atoms with van der Waals surface area (Å²) in [6.45, 7) is 4.04. The number of benzene rings is 2. The molecular formula is C17H17FO2. The van der Waals surface area contributed by atoms with E-state index >= 15 is 0 Å². The molecule has 0 amide bonds. The van der Waals surface area contributed by atoms with Crippen molar-refractivity contribution in [2.75, 3.05) is 0 Å². The fourth-order valence-corrected chi connectivity index (χ4v) is 2.71. The highest BCUT2D eigenvalue weighted by Gasteiger charge is 2.29. The van der Waals surface area contributed by atoms with Crippen molar-refractivity contribution >= 4 is 0 Å². The highest BCUT2D eigenvalue weighted by molar-refractivity contribution is 5.40. The zero-order valence-corrected chi connectivity index (χ0v) is 11.6. The minimum Gasteiger partial charge on any atom is -0.485 e. The van der Waals surface area contributed by atoms with Crippen LogP contribution in [0.2, 0.25) is 0 Å². The summed E-state index contributed by atoms with van der Waals surface area (Å²) in [5.74, 6) is 0.0900. The number of hydrogen-bond acceptors (Lipinski definition) is 2. The van der Waals surface area contributed by atoms with Gasteiger partial charge in [-0.05, 0) is 37.1 Å². The fraction of sp³-hybridized carbons (Fsp3) is 0.294. The summed E-state index contributed by atoms with van der Waals surface area (Å²) in [6.07, 6.45) is -0.369. The molecule has 3 rings (SSSR count). The maximum absolute atomic E-state index is 13.3. The van der Waals surface area contributed by atoms with Crippen molar-refractivity contribution in [2.45, 2.75) is 32.5 Å². The molecule has 104 valence electrons. The largest absolute Gasteiger partial charge is 0.485 e. The Kier molecular flexibility index (Phi) is 3.22. The SMILES string of the molecule is Cc1ccc(C)c(C2C[C@@H](O)c3ccc(F)cc3O2)c1. The van der Waals surface area contributed by atoms with E-state index in [2.05, 4.69) is 6.07 Å². The minimum absolute atomic E-state index is 0.237. The zero-order chi connectivity index (χ0) is 14.3. The number of aliphatic hydroxyl groups excluding tert-OH is 1. The van der Waals surface area contributed by atoms with Crippen molar-refractivity contribution < 1.29 is 14.2 Å². The molecule has 0 spiro atoms. The van der Waals surface area contributed by atoms with Crippen LogP contribution in [-0.4, -0.2) is 5.11 Å². The van der Waals surface area contributed by atoms with Crippen molar-refractivity contribution in [3.8, 4) is 5.75 Å². The average Bonchev–Trinajstić information content (AvgIpc) is 2.41. The molecule has 1 N–H and O–H groups in total. The van der Waals surface area contributed by atoms with E-state index in [9.17, 15) is 9.50 Å². The highest BCUT2D eigenvalue weighted by Crippen LogP contribution is 2.41. The third-order valence-electron chi connectivity index (χ3n) is 3.82. The van der Waals surface area contributed by atoms with Gasteiger partial charge in [-0.25, -0.2) is 4.39 Å². The van der Waals surface area contributed by atoms with E-state index in [0.717, 1.165) is 16.7 Å². The number of aliphatic hydroxyl groups is 1. The molecule has 3 heteroatoms. The van der Waals surface area contributed by atoms with Gasteiger partial charge in [-0.3, -0.25) is 0 Å². The van der Waals surface area contributed by atoms with E-state index in [1.807, 2.05) is 26.0 Å². The Hall–Kier alpha value is -1.87. The average molecular weight is 272 g/mol. The van der Waals surface area contributed by atoms with Crippen molar-refractivity contribution in [3.05, 3.63) is 64.5 Å². The second kappa shape index (κ2) is 4.91. The summed E-state index contributed by atoms with van der Waals surface area (Å²) < 4.78 is 19.2. The molecule has 1 unspecified atom stereocenters. The summed E-state index contributed by atoms with van der Waals surface area (Å²) in [5, 5.41) is 10.2. The molecule has 1 aliphatic rings. The van der Waals surface area contributed by atoms with Gasteiger partial charge in [0.05, 0.1) is 6.10 Å². The van der Waals surface area contributed by atoms with Gasteiger partial charge in [-0.15, -0.1) is 0 Å². The van der Waals surface area contributed by atoms with Crippen molar-refractivity contribution in [2.24, 2.45) is 0 Å². The Morgan fingerprint density at radius 2 is 1.90 bits per heavy atom. The van der Waals surface area contributed by atoms with Crippen LogP contribution in [0.5, 0.6) is 5.75 Å². The lowest BCUT2D eigenvalue weighted by Crippen LogP contribution is -2.20. The standard InChI is InChI=1S/C17H17FO2/c1-10-3-4-11(2)14(7-10)17-9-15(19)13-6-5-12(18)8-16(13)20-17/h3-8,15,17,19H,9H2,1-2H3/t15-,17?/m1/s1. The Morgan fingerprint density at radius 3 is 2.70 bits per heavy atom. The summed E-state index contributed by atoms with van der Waals surface area (Å²) in [6, 6.07) is 10.4. The van der Waals surface area contributed by atoms with Gasteiger partial charge in [-0.1, -0.05) is 23.8 Å². The van der Waals surface area contributed by atoms with Crippen LogP contribution in [0.25, 0.3) is 0 Å². The van der Waals surface area contributed by atoms with Crippen LogP contribution >= 0.6 is 0 Å². The van der Waals surface area contributed by atoms with Gasteiger partial charge in [0.1, 0.15) is 17.7 Å². The van der Waals surface area contributed by atoms with E-state index in [4.69, 9.17) is 4.74 Å². The van der Waals surface area contributed by atoms with E-state index in [1.165, 1.54) is 12.1 Å². The lowest BCUT2D eigenvalue weighted by molar-refractivity contribution is 0.0650. The van der Waals surface area contributed by atoms with Crippen LogP contribution in [0.1, 0.15) is 40.9 Å². The fourth-order valence-electron chi connectivity index (χ4n) is 2.71. The Balaban J connectivity index is 2.00. The number of halogens is 1. The zero-order valence-electron chi connectivity index (χ0n) is 11.6. The van der Waals surface area contributed by atoms with Crippen LogP contribution in [0.3, 0.4) is 0 Å². The molecule has 0 saturated heterocycles. The molecule has 0 bridgehead atoms. The molecule has 2 atom stereocenters. The van der Waals surface area contributed by atoms with Crippen LogP contribution < -0.4 is 4.74 Å². The number of rotatable bonds is 1. The molecule has 0 aliphatic carbocycles. The predicted octanol–water partition coefficient (Wildman–Crippen LogP) is 4.00. The van der Waals surface area contributed by atoms with Gasteiger partial charge in [0, 0.05) is 18.1 Å². The summed E-state index contributed by atoms with van der Waals surface area (Å²) in [5.41, 5.74) is 3.98. The summed E-state index contributed by atoms with van der Waals surface area (Å²) >= 11 is 0. The van der Waals surface area contributed by atoms with Crippen LogP contribution in [0.4, 0.5) is 4.39 Å². The molecule has 1 heterocycles. The third kappa shape index (κ3) is 2.29. The quantitative estimate of drug-likeness (QED) is 0.850. The highest BCUT2D eigenvalue weighted by atomic mass is 19.1. The Morgan fingerprint density at radius 1 is 1.10 bits per heavy atom. The topological polar surface area (TPSA) is 29.5 Å². The number of ether oxygens (including phenoxy) is 1. The van der Waals surface area contributed by atoms with Crippen molar-refractivity contribution in [3.63, 3.8) is 0 Å². The molecule has 20 heavy (non-hydrogen) atoms. The predicted molar refractivity (Wildman–Crippen MR) is 75.3 cm³/mol. The lowest BCUT2D eigenvalue weighted by Gasteiger charge is -2.30. The smallest absolute Gasteiger partial charge is 0.128 e. The minimum atomic E-state index is -0.621. The molecule has 0 radical (unpaired) electrons. The van der Waals surface area contributed by atoms with Crippen LogP contribution in [0, 0.1) is 19.7 Å². The molecule has 2 nitrogen and oxygen atoms in total. The number of fused-ring (bicyclic) bond motifs is 1. The van der Waals surface area contributed by atoms with Crippen molar-refractivity contribution in [1.82, 2.24) is 0 Å². The van der Waals surface area contributed by atoms with Crippen molar-refractivity contribution in [1.29, 1.82) is 0 Å². The molecule has 1 aliphatic heterocycles. The second-order valence-electron chi connectivity index (χ2n) is 5.40.